The molecule has 2 aliphatic carbocycles. The second kappa shape index (κ2) is 22.8. The monoisotopic (exact) mass is 854 g/mol. The molecule has 13 nitrogen and oxygen atoms in total. The topological polar surface area (TPSA) is 155 Å². The largest absolute Gasteiger partial charge is 0.496 e. The van der Waals surface area contributed by atoms with Gasteiger partial charge in [0.2, 0.25) is 5.79 Å². The predicted octanol–water partition coefficient (Wildman–Crippen LogP) is 8.63. The summed E-state index contributed by atoms with van der Waals surface area (Å²) >= 11 is 0. The molecule has 6 atom stereocenters. The van der Waals surface area contributed by atoms with Crippen molar-refractivity contribution >= 4 is 18.1 Å². The van der Waals surface area contributed by atoms with Gasteiger partial charge in [-0.3, -0.25) is 9.69 Å². The highest BCUT2D eigenvalue weighted by Crippen LogP contribution is 2.62. The van der Waals surface area contributed by atoms with Crippen LogP contribution in [-0.4, -0.2) is 98.8 Å². The summed E-state index contributed by atoms with van der Waals surface area (Å²) in [5.41, 5.74) is 3.90. The normalized spacial score (nSPS) is 23.0. The molecule has 0 radical (unpaired) electrons. The van der Waals surface area contributed by atoms with Crippen molar-refractivity contribution in [3.8, 4) is 23.0 Å². The molecule has 1 aliphatic heterocycles. The molecule has 13 heteroatoms. The second-order valence-electron chi connectivity index (χ2n) is 15.9. The average Bonchev–Trinajstić information content (AvgIpc) is 3.29. The van der Waals surface area contributed by atoms with Gasteiger partial charge >= 0.3 is 6.09 Å². The first-order valence-corrected chi connectivity index (χ1v) is 21.8. The van der Waals surface area contributed by atoms with E-state index in [0.29, 0.717) is 66.7 Å². The van der Waals surface area contributed by atoms with Crippen LogP contribution in [0.2, 0.25) is 0 Å². The fraction of sp³-hybridized carbons (Fsp3) is 0.490. The Bertz CT molecular complexity index is 2000. The number of fused-ring (bicyclic) bond motifs is 2. The smallest absolute Gasteiger partial charge is 0.410 e. The van der Waals surface area contributed by atoms with Crippen LogP contribution in [0, 0.1) is 17.8 Å². The van der Waals surface area contributed by atoms with Crippen molar-refractivity contribution in [2.24, 2.45) is 22.9 Å². The molecular formula is C49H62N2O11. The third-order valence-corrected chi connectivity index (χ3v) is 12.0. The number of carbonyl (C=O) groups is 2. The number of hydrogen-bond donors (Lipinski definition) is 2. The van der Waals surface area contributed by atoms with Crippen molar-refractivity contribution in [1.29, 1.82) is 0 Å². The number of allylic oxidation sites excluding steroid dienone is 1. The third-order valence-electron chi connectivity index (χ3n) is 12.0. The minimum absolute atomic E-state index is 0.0251. The van der Waals surface area contributed by atoms with Crippen LogP contribution in [0.15, 0.2) is 96.2 Å². The number of aliphatic hydroxyl groups excluding tert-OH is 2. The summed E-state index contributed by atoms with van der Waals surface area (Å²) in [5, 5.41) is 24.4. The summed E-state index contributed by atoms with van der Waals surface area (Å²) in [4.78, 5) is 33.6. The number of amides is 1. The van der Waals surface area contributed by atoms with Gasteiger partial charge in [0.25, 0.3) is 0 Å². The number of carbonyl (C=O) groups excluding carboxylic acids is 2. The number of hydrogen-bond acceptors (Lipinski definition) is 12. The van der Waals surface area contributed by atoms with Crippen LogP contribution in [0.25, 0.3) is 0 Å². The molecule has 334 valence electrons. The minimum Gasteiger partial charge on any atom is -0.496 e. The highest BCUT2D eigenvalue weighted by molar-refractivity contribution is 6.03. The van der Waals surface area contributed by atoms with Gasteiger partial charge in [-0.1, -0.05) is 67.4 Å². The lowest BCUT2D eigenvalue weighted by atomic mass is 9.55. The van der Waals surface area contributed by atoms with E-state index < -0.39 is 23.8 Å². The van der Waals surface area contributed by atoms with E-state index in [0.717, 1.165) is 48.7 Å². The lowest BCUT2D eigenvalue weighted by Crippen LogP contribution is -2.70. The van der Waals surface area contributed by atoms with E-state index in [9.17, 15) is 19.8 Å². The number of rotatable bonds is 24. The zero-order valence-corrected chi connectivity index (χ0v) is 36.2. The van der Waals surface area contributed by atoms with Crippen LogP contribution >= 0.6 is 0 Å². The summed E-state index contributed by atoms with van der Waals surface area (Å²) < 4.78 is 37.9. The standard InChI is InChI=1S/C49H62N2O11/c1-5-22-51(48(55)59-27-26-58-33-34-14-8-7-9-15-34)45-31-42(50-57-4)40-29-35(16-10-12-23-52)39(17-11-13-24-53)46-41-30-38(61-37-18-20-43(56-3)36(28-37)32-54)19-21-44(41)62-49(45,47(40)46)60-25-6-2/h6-9,14-15,18-21,28-30,32,35,39,45-47,52-53H,2,5,10-13,16-17,22-27,31,33H2,1,3-4H3/t35-,39+,45-,46+,47+,49+/m0/s1. The van der Waals surface area contributed by atoms with E-state index in [2.05, 4.69) is 17.8 Å². The number of oxime groups is 1. The van der Waals surface area contributed by atoms with Crippen molar-refractivity contribution in [3.05, 3.63) is 108 Å². The Balaban J connectivity index is 1.46. The molecule has 0 unspecified atom stereocenters. The Morgan fingerprint density at radius 1 is 0.984 bits per heavy atom. The van der Waals surface area contributed by atoms with E-state index in [1.165, 1.54) is 14.2 Å². The van der Waals surface area contributed by atoms with Gasteiger partial charge in [0, 0.05) is 37.7 Å². The maximum atomic E-state index is 14.4. The molecule has 1 amide bonds. The molecule has 3 aliphatic rings. The summed E-state index contributed by atoms with van der Waals surface area (Å²) in [6.45, 7) is 7.33. The van der Waals surface area contributed by atoms with Crippen molar-refractivity contribution in [2.75, 3.05) is 53.8 Å². The lowest BCUT2D eigenvalue weighted by Gasteiger charge is -2.59. The number of benzene rings is 3. The molecule has 3 aromatic carbocycles. The Kier molecular flexibility index (Phi) is 17.0. The van der Waals surface area contributed by atoms with Gasteiger partial charge in [-0.15, -0.1) is 6.58 Å². The summed E-state index contributed by atoms with van der Waals surface area (Å²) in [6, 6.07) is 19.9. The first-order valence-electron chi connectivity index (χ1n) is 21.8. The molecule has 2 N–H and O–H groups in total. The fourth-order valence-electron chi connectivity index (χ4n) is 9.48. The van der Waals surface area contributed by atoms with Crippen LogP contribution in [0.1, 0.15) is 85.7 Å². The lowest BCUT2D eigenvalue weighted by molar-refractivity contribution is -0.255. The van der Waals surface area contributed by atoms with Gasteiger partial charge < -0.3 is 43.5 Å². The number of nitrogens with zero attached hydrogens (tertiary/aromatic N) is 2. The van der Waals surface area contributed by atoms with Crippen molar-refractivity contribution in [3.63, 3.8) is 0 Å². The third kappa shape index (κ3) is 10.5. The Labute approximate surface area is 365 Å². The van der Waals surface area contributed by atoms with Crippen LogP contribution < -0.4 is 14.2 Å². The molecule has 0 aromatic heterocycles. The Morgan fingerprint density at radius 3 is 2.45 bits per heavy atom. The molecule has 1 saturated carbocycles. The van der Waals surface area contributed by atoms with Crippen molar-refractivity contribution in [2.45, 2.75) is 82.6 Å². The first kappa shape index (κ1) is 46.3. The van der Waals surface area contributed by atoms with E-state index in [1.54, 1.807) is 29.2 Å². The molecule has 62 heavy (non-hydrogen) atoms. The Morgan fingerprint density at radius 2 is 1.74 bits per heavy atom. The average molecular weight is 855 g/mol. The van der Waals surface area contributed by atoms with Gasteiger partial charge in [0.05, 0.1) is 44.1 Å². The van der Waals surface area contributed by atoms with Crippen LogP contribution in [0.3, 0.4) is 0 Å². The highest BCUT2D eigenvalue weighted by Gasteiger charge is 2.65. The number of ether oxygens (including phenoxy) is 6. The number of methoxy groups -OCH3 is 1. The summed E-state index contributed by atoms with van der Waals surface area (Å²) in [7, 11) is 3.03. The molecule has 0 spiro atoms. The van der Waals surface area contributed by atoms with E-state index in [4.69, 9.17) is 33.3 Å². The minimum atomic E-state index is -1.43. The van der Waals surface area contributed by atoms with Crippen LogP contribution in [0.5, 0.6) is 23.0 Å². The Hall–Kier alpha value is -5.21. The van der Waals surface area contributed by atoms with E-state index >= 15 is 0 Å². The quantitative estimate of drug-likeness (QED) is 0.0385. The van der Waals surface area contributed by atoms with Gasteiger partial charge in [-0.25, -0.2) is 4.79 Å². The molecule has 0 saturated heterocycles. The van der Waals surface area contributed by atoms with E-state index in [-0.39, 0.29) is 57.2 Å². The van der Waals surface area contributed by atoms with Gasteiger partial charge in [0.15, 0.2) is 6.29 Å². The zero-order chi connectivity index (χ0) is 43.9. The van der Waals surface area contributed by atoms with Crippen LogP contribution in [0.4, 0.5) is 4.79 Å². The SMILES string of the molecule is C=CCO[C@@]12Oc3ccc(Oc4ccc(OC)c(C=O)c4)cc3[C@H]3[C@H](CCCCO)[C@@H](CCCCO)C=C(C(=NOC)C[C@@H]1N(CCC)C(=O)OCCOCc1ccccc1)[C@H]32. The molecule has 1 fully saturated rings. The zero-order valence-electron chi connectivity index (χ0n) is 36.2. The fourth-order valence-corrected chi connectivity index (χ4v) is 9.48. The van der Waals surface area contributed by atoms with Crippen molar-refractivity contribution in [1.82, 2.24) is 4.90 Å². The predicted molar refractivity (Wildman–Crippen MR) is 235 cm³/mol. The van der Waals surface area contributed by atoms with Crippen LogP contribution in [-0.2, 0) is 25.7 Å². The maximum absolute atomic E-state index is 14.4. The number of aliphatic hydroxyl groups is 2. The second-order valence-corrected chi connectivity index (χ2v) is 15.9. The van der Waals surface area contributed by atoms with Gasteiger partial charge in [0.1, 0.15) is 42.8 Å². The molecule has 6 rings (SSSR count). The maximum Gasteiger partial charge on any atom is 0.410 e. The molecule has 0 bridgehead atoms. The molecule has 1 heterocycles. The van der Waals surface area contributed by atoms with Gasteiger partial charge in [-0.2, -0.15) is 0 Å². The number of unbranched alkanes of at least 4 members (excludes halogenated alkanes) is 2. The molecule has 3 aromatic rings. The van der Waals surface area contributed by atoms with Gasteiger partial charge in [-0.05, 0) is 91.5 Å². The summed E-state index contributed by atoms with van der Waals surface area (Å²) in [6.07, 6.45) is 9.56. The van der Waals surface area contributed by atoms with E-state index in [1.807, 2.05) is 55.5 Å². The number of aldehydes is 1. The first-order chi connectivity index (χ1) is 30.4. The summed E-state index contributed by atoms with van der Waals surface area (Å²) in [5.74, 6) is -0.0410. The van der Waals surface area contributed by atoms with Crippen molar-refractivity contribution < 1.29 is 53.1 Å². The molecular weight excluding hydrogens is 793 g/mol. The highest BCUT2D eigenvalue weighted by atomic mass is 16.7.